The first-order valence-corrected chi connectivity index (χ1v) is 8.90. The van der Waals surface area contributed by atoms with Gasteiger partial charge in [-0.15, -0.1) is 5.92 Å². The molecule has 27 heavy (non-hydrogen) atoms. The first-order valence-electron chi connectivity index (χ1n) is 8.90. The van der Waals surface area contributed by atoms with Crippen molar-refractivity contribution in [1.29, 1.82) is 0 Å². The number of benzene rings is 1. The maximum atomic E-state index is 14.5. The highest BCUT2D eigenvalue weighted by Gasteiger charge is 2.13. The van der Waals surface area contributed by atoms with Crippen molar-refractivity contribution in [3.05, 3.63) is 53.0 Å². The van der Waals surface area contributed by atoms with E-state index in [1.165, 1.54) is 0 Å². The summed E-state index contributed by atoms with van der Waals surface area (Å²) in [5.74, 6) is 5.40. The fraction of sp³-hybridized carbons (Fsp3) is 0.333. The van der Waals surface area contributed by atoms with Crippen molar-refractivity contribution in [2.45, 2.75) is 39.7 Å². The van der Waals surface area contributed by atoms with E-state index in [-0.39, 0.29) is 23.7 Å². The molecule has 5 nitrogen and oxygen atoms in total. The first-order chi connectivity index (χ1) is 13.0. The highest BCUT2D eigenvalue weighted by atomic mass is 19.1. The number of pyridine rings is 1. The fourth-order valence-corrected chi connectivity index (χ4v) is 2.36. The lowest BCUT2D eigenvalue weighted by Gasteiger charge is -2.11. The second-order valence-electron chi connectivity index (χ2n) is 6.00. The Balaban J connectivity index is 1.95. The number of nitrogens with zero attached hydrogens (tertiary/aromatic N) is 1. The van der Waals surface area contributed by atoms with E-state index in [1.807, 2.05) is 0 Å². The van der Waals surface area contributed by atoms with E-state index in [9.17, 15) is 9.18 Å². The molecular weight excluding hydrogens is 345 g/mol. The number of rotatable bonds is 7. The van der Waals surface area contributed by atoms with Gasteiger partial charge >= 0.3 is 0 Å². The van der Waals surface area contributed by atoms with Crippen LogP contribution in [0.3, 0.4) is 0 Å². The lowest BCUT2D eigenvalue weighted by molar-refractivity contribution is 0.0951. The molecule has 142 valence electrons. The third-order valence-corrected chi connectivity index (χ3v) is 3.78. The normalized spacial score (nSPS) is 10.0. The van der Waals surface area contributed by atoms with Crippen LogP contribution < -0.4 is 15.8 Å². The molecule has 6 heteroatoms. The molecular formula is C21H24FN3O2. The van der Waals surface area contributed by atoms with Gasteiger partial charge in [-0.25, -0.2) is 9.37 Å². The number of aryl methyl sites for hydroxylation is 1. The number of unbranched alkanes of at least 4 members (excludes halogenated alkanes) is 1. The van der Waals surface area contributed by atoms with Gasteiger partial charge in [-0.1, -0.05) is 25.0 Å². The predicted molar refractivity (Wildman–Crippen MR) is 104 cm³/mol. The van der Waals surface area contributed by atoms with Crippen LogP contribution in [0.5, 0.6) is 5.75 Å². The molecule has 0 radical (unpaired) electrons. The molecule has 2 rings (SSSR count). The van der Waals surface area contributed by atoms with Crippen molar-refractivity contribution in [1.82, 2.24) is 10.3 Å². The summed E-state index contributed by atoms with van der Waals surface area (Å²) in [5.41, 5.74) is 7.08. The van der Waals surface area contributed by atoms with Crippen LogP contribution in [0.4, 0.5) is 10.2 Å². The lowest BCUT2D eigenvalue weighted by Crippen LogP contribution is -2.24. The number of ether oxygens (including phenoxy) is 1. The van der Waals surface area contributed by atoms with Crippen LogP contribution in [0, 0.1) is 24.6 Å². The summed E-state index contributed by atoms with van der Waals surface area (Å²) in [4.78, 5) is 16.3. The molecule has 0 bridgehead atoms. The van der Waals surface area contributed by atoms with Crippen molar-refractivity contribution < 1.29 is 13.9 Å². The van der Waals surface area contributed by atoms with E-state index in [1.54, 1.807) is 37.3 Å². The fourth-order valence-electron chi connectivity index (χ4n) is 2.36. The summed E-state index contributed by atoms with van der Waals surface area (Å²) in [7, 11) is 0. The number of anilines is 1. The second-order valence-corrected chi connectivity index (χ2v) is 6.00. The van der Waals surface area contributed by atoms with Crippen LogP contribution in [-0.4, -0.2) is 17.5 Å². The van der Waals surface area contributed by atoms with Gasteiger partial charge in [0.15, 0.2) is 11.6 Å². The Hall–Kier alpha value is -3.07. The second kappa shape index (κ2) is 10.2. The van der Waals surface area contributed by atoms with Gasteiger partial charge in [0, 0.05) is 30.6 Å². The van der Waals surface area contributed by atoms with Crippen molar-refractivity contribution in [2.24, 2.45) is 0 Å². The summed E-state index contributed by atoms with van der Waals surface area (Å²) in [6.07, 6.45) is 2.41. The number of hydrogen-bond donors (Lipinski definition) is 2. The zero-order valence-electron chi connectivity index (χ0n) is 15.6. The summed E-state index contributed by atoms with van der Waals surface area (Å²) in [6.45, 7) is 4.18. The number of nitrogens with two attached hydrogens (primary N) is 1. The van der Waals surface area contributed by atoms with Crippen molar-refractivity contribution in [3.8, 4) is 17.6 Å². The molecule has 1 aromatic carbocycles. The van der Waals surface area contributed by atoms with Crippen molar-refractivity contribution in [3.63, 3.8) is 0 Å². The predicted octanol–water partition coefficient (Wildman–Crippen LogP) is 3.61. The summed E-state index contributed by atoms with van der Waals surface area (Å²) in [5, 5.41) is 2.66. The highest BCUT2D eigenvalue weighted by molar-refractivity contribution is 5.98. The molecule has 1 heterocycles. The maximum absolute atomic E-state index is 14.5. The third-order valence-electron chi connectivity index (χ3n) is 3.78. The highest BCUT2D eigenvalue weighted by Crippen LogP contribution is 2.21. The number of carbonyl (C=O) groups is 1. The molecule has 0 unspecified atom stereocenters. The van der Waals surface area contributed by atoms with Gasteiger partial charge in [0.05, 0.1) is 12.2 Å². The Morgan fingerprint density at radius 3 is 2.78 bits per heavy atom. The zero-order valence-corrected chi connectivity index (χ0v) is 15.6. The average Bonchev–Trinajstić information content (AvgIpc) is 2.64. The number of nitrogen functional groups attached to an aromatic ring is 1. The van der Waals surface area contributed by atoms with Crippen molar-refractivity contribution in [2.75, 3.05) is 12.3 Å². The van der Waals surface area contributed by atoms with E-state index in [0.717, 1.165) is 18.5 Å². The molecule has 0 aliphatic rings. The van der Waals surface area contributed by atoms with E-state index >= 15 is 0 Å². The van der Waals surface area contributed by atoms with Crippen LogP contribution >= 0.6 is 0 Å². The van der Waals surface area contributed by atoms with Crippen LogP contribution in [0.2, 0.25) is 0 Å². The van der Waals surface area contributed by atoms with Gasteiger partial charge in [-0.05, 0) is 31.5 Å². The minimum Gasteiger partial charge on any atom is -0.490 e. The number of hydrogen-bond acceptors (Lipinski definition) is 4. The van der Waals surface area contributed by atoms with E-state index < -0.39 is 11.7 Å². The molecule has 0 aliphatic heterocycles. The lowest BCUT2D eigenvalue weighted by atomic mass is 10.1. The Labute approximate surface area is 159 Å². The van der Waals surface area contributed by atoms with E-state index in [2.05, 4.69) is 29.1 Å². The van der Waals surface area contributed by atoms with Gasteiger partial charge in [0.25, 0.3) is 5.91 Å². The van der Waals surface area contributed by atoms with Gasteiger partial charge in [-0.2, -0.15) is 0 Å². The van der Waals surface area contributed by atoms with Gasteiger partial charge in [0.2, 0.25) is 0 Å². The third kappa shape index (κ3) is 6.00. The van der Waals surface area contributed by atoms with E-state index in [4.69, 9.17) is 10.5 Å². The molecule has 3 N–H and O–H groups in total. The topological polar surface area (TPSA) is 77.2 Å². The van der Waals surface area contributed by atoms with Crippen LogP contribution in [0.25, 0.3) is 0 Å². The molecule has 0 atom stereocenters. The molecule has 0 saturated carbocycles. The summed E-state index contributed by atoms with van der Waals surface area (Å²) < 4.78 is 20.0. The monoisotopic (exact) mass is 369 g/mol. The number of amides is 1. The van der Waals surface area contributed by atoms with Gasteiger partial charge in [0.1, 0.15) is 5.82 Å². The van der Waals surface area contributed by atoms with Crippen molar-refractivity contribution >= 4 is 11.7 Å². The molecule has 1 amide bonds. The smallest absolute Gasteiger partial charge is 0.255 e. The molecule has 0 aliphatic carbocycles. The molecule has 1 aromatic heterocycles. The standard InChI is InChI=1S/C21H24FN3O2/c1-3-4-5-6-7-13-27-18-10-8-9-16(19(18)22)14-24-21(26)17-12-11-15(2)25-20(17)23/h8-12H,3-4,7,13-14H2,1-2H3,(H2,23,25)(H,24,26). The van der Waals surface area contributed by atoms with Gasteiger partial charge in [-0.3, -0.25) is 4.79 Å². The summed E-state index contributed by atoms with van der Waals surface area (Å²) in [6, 6.07) is 8.14. The summed E-state index contributed by atoms with van der Waals surface area (Å²) >= 11 is 0. The zero-order chi connectivity index (χ0) is 19.6. The molecule has 0 saturated heterocycles. The number of nitrogens with one attached hydrogen (secondary N) is 1. The van der Waals surface area contributed by atoms with Crippen LogP contribution in [0.15, 0.2) is 30.3 Å². The number of aromatic nitrogens is 1. The maximum Gasteiger partial charge on any atom is 0.255 e. The first kappa shape index (κ1) is 20.2. The van der Waals surface area contributed by atoms with E-state index in [0.29, 0.717) is 18.6 Å². The Kier molecular flexibility index (Phi) is 7.63. The number of halogens is 1. The van der Waals surface area contributed by atoms with Crippen LogP contribution in [0.1, 0.15) is 47.8 Å². The largest absolute Gasteiger partial charge is 0.490 e. The SMILES string of the molecule is CCCC#CCCOc1cccc(CNC(=O)c2ccc(C)nc2N)c1F. The van der Waals surface area contributed by atoms with Gasteiger partial charge < -0.3 is 15.8 Å². The Morgan fingerprint density at radius 2 is 2.04 bits per heavy atom. The minimum absolute atomic E-state index is 0.0193. The molecule has 2 aromatic rings. The van der Waals surface area contributed by atoms with Crippen LogP contribution in [-0.2, 0) is 6.54 Å². The number of carbonyl (C=O) groups excluding carboxylic acids is 1. The Morgan fingerprint density at radius 1 is 1.26 bits per heavy atom. The average molecular weight is 369 g/mol. The molecule has 0 spiro atoms. The quantitative estimate of drug-likeness (QED) is 0.577. The molecule has 0 fully saturated rings. The minimum atomic E-state index is -0.491. The Bertz CT molecular complexity index is 856.